The van der Waals surface area contributed by atoms with E-state index in [1.165, 1.54) is 10.6 Å². The van der Waals surface area contributed by atoms with Crippen LogP contribution < -0.4 is 10.9 Å². The molecule has 1 atom stereocenters. The number of phenolic OH excluding ortho intramolecular Hbond substituents is 1. The highest BCUT2D eigenvalue weighted by molar-refractivity contribution is 6.28. The van der Waals surface area contributed by atoms with Crippen molar-refractivity contribution in [2.45, 2.75) is 12.5 Å². The zero-order valence-electron chi connectivity index (χ0n) is 9.56. The maximum Gasteiger partial charge on any atom is 0.262 e. The number of nitrogens with zero attached hydrogens (tertiary/aromatic N) is 2. The first-order valence-electron chi connectivity index (χ1n) is 5.79. The number of hydrogen-bond acceptors (Lipinski definition) is 4. The summed E-state index contributed by atoms with van der Waals surface area (Å²) in [4.78, 5) is 16.5. The van der Waals surface area contributed by atoms with Crippen molar-refractivity contribution in [1.82, 2.24) is 14.9 Å². The zero-order valence-corrected chi connectivity index (χ0v) is 10.3. The minimum atomic E-state index is -0.199. The number of halogens is 1. The van der Waals surface area contributed by atoms with Crippen LogP contribution in [0.25, 0.3) is 10.9 Å². The highest BCUT2D eigenvalue weighted by Gasteiger charge is 2.22. The molecular weight excluding hydrogens is 254 g/mol. The summed E-state index contributed by atoms with van der Waals surface area (Å²) < 4.78 is 1.50. The Bertz CT molecular complexity index is 662. The predicted molar refractivity (Wildman–Crippen MR) is 69.2 cm³/mol. The van der Waals surface area contributed by atoms with Crippen molar-refractivity contribution in [3.05, 3.63) is 33.8 Å². The van der Waals surface area contributed by atoms with Crippen molar-refractivity contribution in [2.24, 2.45) is 0 Å². The highest BCUT2D eigenvalue weighted by atomic mass is 35.5. The van der Waals surface area contributed by atoms with Gasteiger partial charge in [0, 0.05) is 6.54 Å². The van der Waals surface area contributed by atoms with Crippen molar-refractivity contribution < 1.29 is 5.11 Å². The molecule has 18 heavy (non-hydrogen) atoms. The summed E-state index contributed by atoms with van der Waals surface area (Å²) in [6, 6.07) is 4.81. The average Bonchev–Trinajstić information content (AvgIpc) is 2.84. The van der Waals surface area contributed by atoms with Gasteiger partial charge in [0.15, 0.2) is 0 Å². The Balaban J connectivity index is 2.30. The van der Waals surface area contributed by atoms with E-state index >= 15 is 0 Å². The SMILES string of the molecule is O=c1c2cccc(O)c2nc(Cl)n1C1CCNC1. The maximum absolute atomic E-state index is 12.4. The molecule has 1 aliphatic heterocycles. The van der Waals surface area contributed by atoms with Crippen molar-refractivity contribution in [3.8, 4) is 5.75 Å². The van der Waals surface area contributed by atoms with E-state index in [9.17, 15) is 9.90 Å². The monoisotopic (exact) mass is 265 g/mol. The summed E-state index contributed by atoms with van der Waals surface area (Å²) in [7, 11) is 0. The second kappa shape index (κ2) is 4.26. The Labute approximate surface area is 108 Å². The van der Waals surface area contributed by atoms with Crippen LogP contribution in [0, 0.1) is 0 Å². The molecular formula is C12H12ClN3O2. The van der Waals surface area contributed by atoms with Crippen LogP contribution in [0.5, 0.6) is 5.75 Å². The number of rotatable bonds is 1. The van der Waals surface area contributed by atoms with Gasteiger partial charge in [-0.15, -0.1) is 0 Å². The number of nitrogens with one attached hydrogen (secondary N) is 1. The smallest absolute Gasteiger partial charge is 0.262 e. The quantitative estimate of drug-likeness (QED) is 0.763. The van der Waals surface area contributed by atoms with E-state index in [-0.39, 0.29) is 28.2 Å². The third-order valence-electron chi connectivity index (χ3n) is 3.27. The van der Waals surface area contributed by atoms with Gasteiger partial charge in [0.05, 0.1) is 11.4 Å². The van der Waals surface area contributed by atoms with E-state index in [0.717, 1.165) is 13.0 Å². The van der Waals surface area contributed by atoms with Gasteiger partial charge in [0.1, 0.15) is 11.3 Å². The van der Waals surface area contributed by atoms with Gasteiger partial charge < -0.3 is 10.4 Å². The van der Waals surface area contributed by atoms with E-state index in [2.05, 4.69) is 10.3 Å². The van der Waals surface area contributed by atoms with Crippen molar-refractivity contribution in [1.29, 1.82) is 0 Å². The molecule has 1 fully saturated rings. The minimum absolute atomic E-state index is 0.0248. The van der Waals surface area contributed by atoms with Crippen molar-refractivity contribution >= 4 is 22.5 Å². The fourth-order valence-corrected chi connectivity index (χ4v) is 2.66. The number of benzene rings is 1. The molecule has 1 aliphatic rings. The van der Waals surface area contributed by atoms with E-state index in [1.54, 1.807) is 12.1 Å². The summed E-state index contributed by atoms with van der Waals surface area (Å²) >= 11 is 6.07. The summed E-state index contributed by atoms with van der Waals surface area (Å²) in [6.45, 7) is 1.58. The highest BCUT2D eigenvalue weighted by Crippen LogP contribution is 2.24. The molecule has 2 heterocycles. The van der Waals surface area contributed by atoms with Gasteiger partial charge >= 0.3 is 0 Å². The second-order valence-electron chi connectivity index (χ2n) is 4.38. The summed E-state index contributed by atoms with van der Waals surface area (Å²) in [6.07, 6.45) is 0.853. The number of para-hydroxylation sites is 1. The Morgan fingerprint density at radius 1 is 1.50 bits per heavy atom. The lowest BCUT2D eigenvalue weighted by Crippen LogP contribution is -2.27. The molecule has 0 saturated carbocycles. The fourth-order valence-electron chi connectivity index (χ4n) is 2.36. The molecule has 1 saturated heterocycles. The largest absolute Gasteiger partial charge is 0.506 e. The van der Waals surface area contributed by atoms with Crippen LogP contribution in [-0.2, 0) is 0 Å². The molecule has 1 aromatic heterocycles. The molecule has 0 aliphatic carbocycles. The van der Waals surface area contributed by atoms with E-state index in [4.69, 9.17) is 11.6 Å². The summed E-state index contributed by atoms with van der Waals surface area (Å²) in [5.74, 6) is -0.0248. The lowest BCUT2D eigenvalue weighted by Gasteiger charge is -2.15. The van der Waals surface area contributed by atoms with Gasteiger partial charge in [0.25, 0.3) is 5.56 Å². The standard InChI is InChI=1S/C12H12ClN3O2/c13-12-15-10-8(2-1-3-9(10)17)11(18)16(12)7-4-5-14-6-7/h1-3,7,14,17H,4-6H2. The molecule has 5 nitrogen and oxygen atoms in total. The van der Waals surface area contributed by atoms with Gasteiger partial charge in [-0.3, -0.25) is 9.36 Å². The molecule has 0 radical (unpaired) electrons. The normalized spacial score (nSPS) is 19.5. The van der Waals surface area contributed by atoms with Crippen molar-refractivity contribution in [3.63, 3.8) is 0 Å². The third-order valence-corrected chi connectivity index (χ3v) is 3.53. The molecule has 1 aromatic carbocycles. The van der Waals surface area contributed by atoms with Gasteiger partial charge in [-0.05, 0) is 36.7 Å². The zero-order chi connectivity index (χ0) is 12.7. The van der Waals surface area contributed by atoms with E-state index in [0.29, 0.717) is 11.9 Å². The van der Waals surface area contributed by atoms with Crippen molar-refractivity contribution in [2.75, 3.05) is 13.1 Å². The molecule has 0 bridgehead atoms. The number of aromatic nitrogens is 2. The average molecular weight is 266 g/mol. The van der Waals surface area contributed by atoms with Crippen LogP contribution in [0.1, 0.15) is 12.5 Å². The minimum Gasteiger partial charge on any atom is -0.506 e. The topological polar surface area (TPSA) is 67.1 Å². The lowest BCUT2D eigenvalue weighted by atomic mass is 10.2. The second-order valence-corrected chi connectivity index (χ2v) is 4.71. The molecule has 1 unspecified atom stereocenters. The Kier molecular flexibility index (Phi) is 2.72. The predicted octanol–water partition coefficient (Wildman–Crippen LogP) is 1.29. The summed E-state index contributed by atoms with van der Waals surface area (Å²) in [5.41, 5.74) is 0.0595. The Morgan fingerprint density at radius 3 is 3.06 bits per heavy atom. The van der Waals surface area contributed by atoms with Crippen LogP contribution in [0.4, 0.5) is 0 Å². The molecule has 2 N–H and O–H groups in total. The fraction of sp³-hybridized carbons (Fsp3) is 0.333. The number of fused-ring (bicyclic) bond motifs is 1. The molecule has 0 amide bonds. The lowest BCUT2D eigenvalue weighted by molar-refractivity contribution is 0.478. The van der Waals surface area contributed by atoms with E-state index < -0.39 is 0 Å². The van der Waals surface area contributed by atoms with Crippen LogP contribution in [0.3, 0.4) is 0 Å². The van der Waals surface area contributed by atoms with Crippen LogP contribution in [0.15, 0.2) is 23.0 Å². The molecule has 0 spiro atoms. The van der Waals surface area contributed by atoms with Crippen LogP contribution >= 0.6 is 11.6 Å². The first-order chi connectivity index (χ1) is 8.68. The first kappa shape index (κ1) is 11.5. The molecule has 94 valence electrons. The molecule has 2 aromatic rings. The van der Waals surface area contributed by atoms with Gasteiger partial charge in [-0.1, -0.05) is 6.07 Å². The summed E-state index contributed by atoms with van der Waals surface area (Å²) in [5, 5.41) is 13.4. The first-order valence-corrected chi connectivity index (χ1v) is 6.16. The number of aromatic hydroxyl groups is 1. The maximum atomic E-state index is 12.4. The number of phenols is 1. The van der Waals surface area contributed by atoms with Gasteiger partial charge in [0.2, 0.25) is 5.28 Å². The van der Waals surface area contributed by atoms with Crippen LogP contribution in [0.2, 0.25) is 5.28 Å². The third kappa shape index (κ3) is 1.67. The Morgan fingerprint density at radius 2 is 2.33 bits per heavy atom. The number of hydrogen-bond donors (Lipinski definition) is 2. The Hall–Kier alpha value is -1.59. The molecule has 3 rings (SSSR count). The van der Waals surface area contributed by atoms with Gasteiger partial charge in [-0.25, -0.2) is 4.98 Å². The van der Waals surface area contributed by atoms with Gasteiger partial charge in [-0.2, -0.15) is 0 Å². The van der Waals surface area contributed by atoms with Crippen LogP contribution in [-0.4, -0.2) is 27.7 Å². The van der Waals surface area contributed by atoms with E-state index in [1.807, 2.05) is 0 Å². The molecule has 6 heteroatoms.